The minimum atomic E-state index is -0.561. The van der Waals surface area contributed by atoms with Gasteiger partial charge in [-0.25, -0.2) is 9.97 Å². The van der Waals surface area contributed by atoms with E-state index in [-0.39, 0.29) is 0 Å². The van der Waals surface area contributed by atoms with Crippen LogP contribution in [0.4, 0.5) is 0 Å². The van der Waals surface area contributed by atoms with E-state index in [1.807, 2.05) is 36.0 Å². The normalized spacial score (nSPS) is 14.9. The molecule has 64 heavy (non-hydrogen) atoms. The fourth-order valence-electron chi connectivity index (χ4n) is 11.0. The van der Waals surface area contributed by atoms with Crippen molar-refractivity contribution in [3.63, 3.8) is 0 Å². The minimum absolute atomic E-state index is 0.561. The molecule has 298 valence electrons. The van der Waals surface area contributed by atoms with Crippen LogP contribution < -0.4 is 0 Å². The van der Waals surface area contributed by atoms with Gasteiger partial charge < -0.3 is 9.13 Å². The molecule has 1 unspecified atom stereocenters. The predicted molar refractivity (Wildman–Crippen MR) is 263 cm³/mol. The third-order valence-electron chi connectivity index (χ3n) is 13.6. The summed E-state index contributed by atoms with van der Waals surface area (Å²) in [6.45, 7) is 0. The topological polar surface area (TPSA) is 35.6 Å². The summed E-state index contributed by atoms with van der Waals surface area (Å²) in [5.41, 5.74) is 16.7. The molecule has 1 spiro atoms. The fraction of sp³-hybridized carbons (Fsp3) is 0.0169. The van der Waals surface area contributed by atoms with Gasteiger partial charge in [-0.3, -0.25) is 0 Å². The standard InChI is InChI=1S/C59H36N4S/c1-3-17-37(18-4-1)48-36-49(61-58(60-48)38-19-5-2-6-20-38)39-21-15-22-40(35-39)62-51-30-12-8-24-43(51)55-53(62)34-33-47-57(55)64-54-32-14-10-27-45(54)59(47)44-26-9-13-31-52(44)63-50-29-11-7-23-41(50)42-25-16-28-46(59)56(42)63/h1-36H. The van der Waals surface area contributed by atoms with E-state index in [1.54, 1.807) is 0 Å². The number of nitrogens with zero attached hydrogens (tertiary/aromatic N) is 4. The lowest BCUT2D eigenvalue weighted by molar-refractivity contribution is 0.692. The molecule has 12 aromatic rings. The molecular weight excluding hydrogens is 797 g/mol. The molecule has 0 fully saturated rings. The van der Waals surface area contributed by atoms with Crippen LogP contribution in [0.2, 0.25) is 0 Å². The number of hydrogen-bond donors (Lipinski definition) is 0. The summed E-state index contributed by atoms with van der Waals surface area (Å²) in [5.74, 6) is 0.706. The van der Waals surface area contributed by atoms with E-state index in [9.17, 15) is 0 Å². The van der Waals surface area contributed by atoms with Gasteiger partial charge in [-0.2, -0.15) is 0 Å². The lowest BCUT2D eigenvalue weighted by Crippen LogP contribution is -2.37. The smallest absolute Gasteiger partial charge is 0.160 e. The Morgan fingerprint density at radius 1 is 0.391 bits per heavy atom. The van der Waals surface area contributed by atoms with Gasteiger partial charge in [0.15, 0.2) is 5.82 Å². The molecule has 0 saturated carbocycles. The van der Waals surface area contributed by atoms with Gasteiger partial charge in [0.05, 0.1) is 44.6 Å². The summed E-state index contributed by atoms with van der Waals surface area (Å²) < 4.78 is 4.97. The van der Waals surface area contributed by atoms with E-state index < -0.39 is 5.41 Å². The maximum atomic E-state index is 5.21. The number of rotatable bonds is 4. The Morgan fingerprint density at radius 3 is 1.83 bits per heavy atom. The van der Waals surface area contributed by atoms with Crippen LogP contribution >= 0.6 is 11.8 Å². The first-order valence-corrected chi connectivity index (χ1v) is 22.6. The molecule has 1 atom stereocenters. The van der Waals surface area contributed by atoms with Gasteiger partial charge in [-0.15, -0.1) is 0 Å². The van der Waals surface area contributed by atoms with Crippen LogP contribution in [0.3, 0.4) is 0 Å². The average Bonchev–Trinajstić information content (AvgIpc) is 3.90. The Hall–Kier alpha value is -7.99. The highest BCUT2D eigenvalue weighted by atomic mass is 32.2. The van der Waals surface area contributed by atoms with Crippen molar-refractivity contribution in [3.8, 4) is 45.3 Å². The Morgan fingerprint density at radius 2 is 1.00 bits per heavy atom. The fourth-order valence-corrected chi connectivity index (χ4v) is 12.3. The highest BCUT2D eigenvalue weighted by molar-refractivity contribution is 7.99. The largest absolute Gasteiger partial charge is 0.309 e. The van der Waals surface area contributed by atoms with E-state index >= 15 is 0 Å². The summed E-state index contributed by atoms with van der Waals surface area (Å²) in [6, 6.07) is 79.5. The Bertz CT molecular complexity index is 3830. The second kappa shape index (κ2) is 13.5. The molecule has 0 amide bonds. The lowest BCUT2D eigenvalue weighted by Gasteiger charge is -2.45. The van der Waals surface area contributed by atoms with E-state index in [1.165, 1.54) is 81.3 Å². The van der Waals surface area contributed by atoms with E-state index in [0.29, 0.717) is 5.82 Å². The van der Waals surface area contributed by atoms with Crippen LogP contribution in [0.15, 0.2) is 228 Å². The van der Waals surface area contributed by atoms with Crippen LogP contribution in [0.1, 0.15) is 22.3 Å². The Kier molecular flexibility index (Phi) is 7.51. The number of benzene rings is 9. The summed E-state index contributed by atoms with van der Waals surface area (Å²) in [7, 11) is 0. The summed E-state index contributed by atoms with van der Waals surface area (Å²) in [5, 5.41) is 5.07. The molecule has 4 nitrogen and oxygen atoms in total. The average molecular weight is 833 g/mol. The SMILES string of the molecule is c1ccc(-c2cc(-c3cccc(-n4c5ccccc5c5c6c(ccc54)C4(c5ccccc5S6)c5ccccc5-n5c6ccccc6c6cccc4c65)c3)nc(-c3ccccc3)n2)cc1. The van der Waals surface area contributed by atoms with Crippen LogP contribution in [0, 0.1) is 0 Å². The van der Waals surface area contributed by atoms with Crippen LogP contribution in [0.5, 0.6) is 0 Å². The third kappa shape index (κ3) is 4.84. The van der Waals surface area contributed by atoms with Crippen molar-refractivity contribution in [3.05, 3.63) is 241 Å². The molecule has 9 aromatic carbocycles. The molecule has 0 N–H and O–H groups in total. The van der Waals surface area contributed by atoms with E-state index in [2.05, 4.69) is 203 Å². The van der Waals surface area contributed by atoms with Gasteiger partial charge >= 0.3 is 0 Å². The van der Waals surface area contributed by atoms with Gasteiger partial charge in [0.1, 0.15) is 0 Å². The molecule has 0 bridgehead atoms. The van der Waals surface area contributed by atoms with Crippen LogP contribution in [-0.4, -0.2) is 19.1 Å². The second-order valence-electron chi connectivity index (χ2n) is 16.9. The number of fused-ring (bicyclic) bond motifs is 15. The van der Waals surface area contributed by atoms with E-state index in [0.717, 1.165) is 33.8 Å². The highest BCUT2D eigenvalue weighted by Gasteiger charge is 2.50. The van der Waals surface area contributed by atoms with Crippen molar-refractivity contribution >= 4 is 55.4 Å². The monoisotopic (exact) mass is 832 g/mol. The molecule has 5 heterocycles. The van der Waals surface area contributed by atoms with Crippen molar-refractivity contribution in [1.29, 1.82) is 0 Å². The quantitative estimate of drug-likeness (QED) is 0.177. The Labute approximate surface area is 373 Å². The van der Waals surface area contributed by atoms with Gasteiger partial charge in [0.25, 0.3) is 0 Å². The highest BCUT2D eigenvalue weighted by Crippen LogP contribution is 2.62. The lowest BCUT2D eigenvalue weighted by atomic mass is 9.62. The van der Waals surface area contributed by atoms with Gasteiger partial charge in [-0.05, 0) is 70.8 Å². The van der Waals surface area contributed by atoms with Crippen molar-refractivity contribution in [2.45, 2.75) is 15.2 Å². The van der Waals surface area contributed by atoms with E-state index in [4.69, 9.17) is 9.97 Å². The first-order valence-electron chi connectivity index (χ1n) is 21.8. The number of aromatic nitrogens is 4. The van der Waals surface area contributed by atoms with Crippen molar-refractivity contribution in [1.82, 2.24) is 19.1 Å². The molecular formula is C59H36N4S. The van der Waals surface area contributed by atoms with Crippen molar-refractivity contribution < 1.29 is 0 Å². The zero-order valence-corrected chi connectivity index (χ0v) is 35.3. The minimum Gasteiger partial charge on any atom is -0.309 e. The number of para-hydroxylation sites is 4. The summed E-state index contributed by atoms with van der Waals surface area (Å²) in [6.07, 6.45) is 0. The zero-order chi connectivity index (χ0) is 41.9. The summed E-state index contributed by atoms with van der Waals surface area (Å²) in [4.78, 5) is 12.9. The maximum absolute atomic E-state index is 5.21. The summed E-state index contributed by atoms with van der Waals surface area (Å²) >= 11 is 1.92. The van der Waals surface area contributed by atoms with Crippen molar-refractivity contribution in [2.75, 3.05) is 0 Å². The first kappa shape index (κ1) is 35.6. The molecule has 5 heteroatoms. The zero-order valence-electron chi connectivity index (χ0n) is 34.5. The number of hydrogen-bond acceptors (Lipinski definition) is 3. The molecule has 14 rings (SSSR count). The predicted octanol–water partition coefficient (Wildman–Crippen LogP) is 14.8. The third-order valence-corrected chi connectivity index (χ3v) is 14.8. The molecule has 3 aromatic heterocycles. The molecule has 0 aliphatic carbocycles. The van der Waals surface area contributed by atoms with Crippen LogP contribution in [0.25, 0.3) is 88.9 Å². The Balaban J connectivity index is 1.03. The molecule has 0 saturated heterocycles. The molecule has 2 aliphatic rings. The first-order chi connectivity index (χ1) is 31.8. The van der Waals surface area contributed by atoms with Gasteiger partial charge in [0, 0.05) is 53.7 Å². The molecule has 0 radical (unpaired) electrons. The van der Waals surface area contributed by atoms with Gasteiger partial charge in [-0.1, -0.05) is 182 Å². The maximum Gasteiger partial charge on any atom is 0.160 e. The second-order valence-corrected chi connectivity index (χ2v) is 17.9. The van der Waals surface area contributed by atoms with Crippen LogP contribution in [-0.2, 0) is 5.41 Å². The van der Waals surface area contributed by atoms with Crippen molar-refractivity contribution in [2.24, 2.45) is 0 Å². The van der Waals surface area contributed by atoms with Gasteiger partial charge in [0.2, 0.25) is 0 Å². The molecule has 2 aliphatic heterocycles.